The van der Waals surface area contributed by atoms with Crippen molar-refractivity contribution in [2.24, 2.45) is 0 Å². The van der Waals surface area contributed by atoms with Crippen LogP contribution in [0.15, 0.2) is 77.7 Å². The number of fused-ring (bicyclic) bond motifs is 1. The first-order valence-electron chi connectivity index (χ1n) is 8.40. The van der Waals surface area contributed by atoms with E-state index in [1.165, 1.54) is 0 Å². The van der Waals surface area contributed by atoms with Crippen molar-refractivity contribution in [3.05, 3.63) is 100 Å². The Balaban J connectivity index is 1.95. The molecule has 0 unspecified atom stereocenters. The minimum Gasteiger partial charge on any atom is -0.268 e. The monoisotopic (exact) mass is 339 g/mol. The van der Waals surface area contributed by atoms with Crippen molar-refractivity contribution < 1.29 is 0 Å². The molecule has 0 spiro atoms. The van der Waals surface area contributed by atoms with Crippen LogP contribution >= 0.6 is 0 Å². The summed E-state index contributed by atoms with van der Waals surface area (Å²) in [6.07, 6.45) is 5.43. The summed E-state index contributed by atoms with van der Waals surface area (Å²) in [4.78, 5) is 22.1. The number of para-hydroxylation sites is 1. The van der Waals surface area contributed by atoms with Crippen molar-refractivity contribution in [3.8, 4) is 5.69 Å². The minimum absolute atomic E-state index is 0.0832. The molecule has 4 aromatic rings. The lowest BCUT2D eigenvalue weighted by Crippen LogP contribution is -2.22. The normalized spacial score (nSPS) is 11.3. The zero-order valence-electron chi connectivity index (χ0n) is 14.3. The molecule has 0 bridgehead atoms. The van der Waals surface area contributed by atoms with E-state index in [2.05, 4.69) is 4.98 Å². The van der Waals surface area contributed by atoms with Gasteiger partial charge in [-0.25, -0.2) is 4.98 Å². The van der Waals surface area contributed by atoms with Gasteiger partial charge < -0.3 is 0 Å². The second kappa shape index (κ2) is 6.76. The molecule has 0 amide bonds. The lowest BCUT2D eigenvalue weighted by molar-refractivity contribution is 0.943. The highest BCUT2D eigenvalue weighted by atomic mass is 16.1. The maximum Gasteiger partial charge on any atom is 0.266 e. The van der Waals surface area contributed by atoms with E-state index in [0.717, 1.165) is 16.9 Å². The molecule has 0 N–H and O–H groups in total. The third-order valence-corrected chi connectivity index (χ3v) is 4.18. The Bertz CT molecular complexity index is 1140. The van der Waals surface area contributed by atoms with Crippen LogP contribution in [0.4, 0.5) is 0 Å². The molecule has 4 nitrogen and oxygen atoms in total. The van der Waals surface area contributed by atoms with Crippen molar-refractivity contribution in [3.63, 3.8) is 0 Å². The fourth-order valence-electron chi connectivity index (χ4n) is 2.84. The smallest absolute Gasteiger partial charge is 0.266 e. The summed E-state index contributed by atoms with van der Waals surface area (Å²) in [5.74, 6) is 0.572. The average Bonchev–Trinajstić information content (AvgIpc) is 2.68. The van der Waals surface area contributed by atoms with Crippen LogP contribution in [-0.2, 0) is 0 Å². The molecule has 0 aliphatic heterocycles. The molecule has 4 rings (SSSR count). The Morgan fingerprint density at radius 3 is 2.42 bits per heavy atom. The number of aromatic nitrogens is 3. The fourth-order valence-corrected chi connectivity index (χ4v) is 2.84. The van der Waals surface area contributed by atoms with Crippen LogP contribution in [0, 0.1) is 6.92 Å². The van der Waals surface area contributed by atoms with E-state index < -0.39 is 0 Å². The number of aryl methyl sites for hydroxylation is 1. The molecule has 4 heteroatoms. The van der Waals surface area contributed by atoms with Gasteiger partial charge in [0.15, 0.2) is 0 Å². The van der Waals surface area contributed by atoms with Gasteiger partial charge in [0.2, 0.25) is 0 Å². The molecule has 2 aromatic carbocycles. The van der Waals surface area contributed by atoms with Gasteiger partial charge in [0, 0.05) is 6.20 Å². The SMILES string of the molecule is Cc1ccc(-n2c(/C=C/c3ccccn3)nc3ccccc3c2=O)cc1. The minimum atomic E-state index is -0.0832. The van der Waals surface area contributed by atoms with E-state index in [-0.39, 0.29) is 5.56 Å². The van der Waals surface area contributed by atoms with Crippen molar-refractivity contribution in [1.29, 1.82) is 0 Å². The molecule has 0 saturated carbocycles. The molecule has 126 valence electrons. The van der Waals surface area contributed by atoms with Gasteiger partial charge in [0.1, 0.15) is 5.82 Å². The molecular weight excluding hydrogens is 322 g/mol. The zero-order chi connectivity index (χ0) is 17.9. The highest BCUT2D eigenvalue weighted by Crippen LogP contribution is 2.15. The maximum atomic E-state index is 13.1. The molecule has 0 radical (unpaired) electrons. The van der Waals surface area contributed by atoms with Crippen LogP contribution in [0.25, 0.3) is 28.7 Å². The van der Waals surface area contributed by atoms with E-state index >= 15 is 0 Å². The third kappa shape index (κ3) is 3.05. The predicted octanol–water partition coefficient (Wildman–Crippen LogP) is 4.26. The van der Waals surface area contributed by atoms with Crippen molar-refractivity contribution >= 4 is 23.1 Å². The second-order valence-electron chi connectivity index (χ2n) is 6.05. The number of hydrogen-bond donors (Lipinski definition) is 0. The van der Waals surface area contributed by atoms with Crippen molar-refractivity contribution in [2.45, 2.75) is 6.92 Å². The summed E-state index contributed by atoms with van der Waals surface area (Å²) in [5.41, 5.74) is 3.34. The standard InChI is InChI=1S/C22H17N3O/c1-16-9-12-18(13-10-16)25-21(14-11-17-6-4-5-15-23-17)24-20-8-3-2-7-19(20)22(25)26/h2-15H,1H3/b14-11+. The number of benzene rings is 2. The van der Waals surface area contributed by atoms with Gasteiger partial charge in [-0.2, -0.15) is 0 Å². The number of pyridine rings is 1. The molecule has 0 atom stereocenters. The van der Waals surface area contributed by atoms with Gasteiger partial charge in [-0.3, -0.25) is 14.3 Å². The molecule has 0 fully saturated rings. The van der Waals surface area contributed by atoms with Gasteiger partial charge in [-0.1, -0.05) is 35.9 Å². The first kappa shape index (κ1) is 16.0. The number of hydrogen-bond acceptors (Lipinski definition) is 3. The zero-order valence-corrected chi connectivity index (χ0v) is 14.3. The topological polar surface area (TPSA) is 47.8 Å². The Hall–Kier alpha value is -3.53. The number of rotatable bonds is 3. The highest BCUT2D eigenvalue weighted by molar-refractivity contribution is 5.79. The van der Waals surface area contributed by atoms with E-state index in [9.17, 15) is 4.79 Å². The van der Waals surface area contributed by atoms with Gasteiger partial charge in [-0.15, -0.1) is 0 Å². The van der Waals surface area contributed by atoms with Crippen LogP contribution in [0.3, 0.4) is 0 Å². The van der Waals surface area contributed by atoms with E-state index in [1.807, 2.05) is 85.8 Å². The van der Waals surface area contributed by atoms with Crippen LogP contribution in [0.2, 0.25) is 0 Å². The number of nitrogens with zero attached hydrogens (tertiary/aromatic N) is 3. The fraction of sp³-hybridized carbons (Fsp3) is 0.0455. The summed E-state index contributed by atoms with van der Waals surface area (Å²) >= 11 is 0. The van der Waals surface area contributed by atoms with Crippen LogP contribution in [0.1, 0.15) is 17.1 Å². The Morgan fingerprint density at radius 1 is 0.885 bits per heavy atom. The van der Waals surface area contributed by atoms with Crippen LogP contribution in [0.5, 0.6) is 0 Å². The predicted molar refractivity (Wildman–Crippen MR) is 105 cm³/mol. The van der Waals surface area contributed by atoms with Gasteiger partial charge in [0.25, 0.3) is 5.56 Å². The quantitative estimate of drug-likeness (QED) is 0.560. The summed E-state index contributed by atoms with van der Waals surface area (Å²) in [7, 11) is 0. The first-order chi connectivity index (χ1) is 12.7. The lowest BCUT2D eigenvalue weighted by atomic mass is 10.2. The van der Waals surface area contributed by atoms with Crippen molar-refractivity contribution in [1.82, 2.24) is 14.5 Å². The highest BCUT2D eigenvalue weighted by Gasteiger charge is 2.10. The van der Waals surface area contributed by atoms with Gasteiger partial charge >= 0.3 is 0 Å². The summed E-state index contributed by atoms with van der Waals surface area (Å²) < 4.78 is 1.64. The molecule has 26 heavy (non-hydrogen) atoms. The van der Waals surface area contributed by atoms with Crippen LogP contribution in [-0.4, -0.2) is 14.5 Å². The molecule has 2 aromatic heterocycles. The Labute approximate surface area is 151 Å². The average molecular weight is 339 g/mol. The molecule has 0 aliphatic rings. The second-order valence-corrected chi connectivity index (χ2v) is 6.05. The Kier molecular flexibility index (Phi) is 4.15. The molecule has 0 aliphatic carbocycles. The van der Waals surface area contributed by atoms with Crippen molar-refractivity contribution in [2.75, 3.05) is 0 Å². The summed E-state index contributed by atoms with van der Waals surface area (Å²) in [5, 5.41) is 0.600. The molecular formula is C22H17N3O. The maximum absolute atomic E-state index is 13.1. The van der Waals surface area contributed by atoms with Gasteiger partial charge in [0.05, 0.1) is 22.3 Å². The van der Waals surface area contributed by atoms with E-state index in [1.54, 1.807) is 10.8 Å². The first-order valence-corrected chi connectivity index (χ1v) is 8.40. The van der Waals surface area contributed by atoms with Gasteiger partial charge in [-0.05, 0) is 55.5 Å². The van der Waals surface area contributed by atoms with E-state index in [0.29, 0.717) is 16.7 Å². The summed E-state index contributed by atoms with van der Waals surface area (Å²) in [6.45, 7) is 2.02. The Morgan fingerprint density at radius 2 is 1.65 bits per heavy atom. The molecule has 0 saturated heterocycles. The largest absolute Gasteiger partial charge is 0.268 e. The summed E-state index contributed by atoms with van der Waals surface area (Å²) in [6, 6.07) is 21.0. The molecule has 2 heterocycles. The lowest BCUT2D eigenvalue weighted by Gasteiger charge is -2.11. The van der Waals surface area contributed by atoms with Crippen LogP contribution < -0.4 is 5.56 Å². The van der Waals surface area contributed by atoms with E-state index in [4.69, 9.17) is 4.98 Å². The third-order valence-electron chi connectivity index (χ3n) is 4.18.